The highest BCUT2D eigenvalue weighted by Gasteiger charge is 2.12. The van der Waals surface area contributed by atoms with Crippen LogP contribution in [0.1, 0.15) is 12.8 Å². The molecule has 0 atom stereocenters. The summed E-state index contributed by atoms with van der Waals surface area (Å²) in [5.74, 6) is 0. The molecule has 0 saturated carbocycles. The summed E-state index contributed by atoms with van der Waals surface area (Å²) in [5.41, 5.74) is 5.41. The number of hydrogen-bond acceptors (Lipinski definition) is 2. The van der Waals surface area contributed by atoms with Crippen molar-refractivity contribution in [2.45, 2.75) is 19.2 Å². The van der Waals surface area contributed by atoms with Crippen LogP contribution in [0.25, 0.3) is 0 Å². The van der Waals surface area contributed by atoms with Gasteiger partial charge in [-0.15, -0.1) is 0 Å². The van der Waals surface area contributed by atoms with Crippen molar-refractivity contribution in [3.8, 4) is 0 Å². The van der Waals surface area contributed by atoms with E-state index in [4.69, 9.17) is 10.3 Å². The minimum absolute atomic E-state index is 0. The van der Waals surface area contributed by atoms with Gasteiger partial charge in [-0.1, -0.05) is 6.42 Å². The maximum atomic E-state index is 5.41. The van der Waals surface area contributed by atoms with E-state index in [2.05, 4.69) is 0 Å². The van der Waals surface area contributed by atoms with E-state index in [1.807, 2.05) is 0 Å². The zero-order chi connectivity index (χ0) is 5.11. The lowest BCUT2D eigenvalue weighted by atomic mass is 9.76. The molecule has 0 spiro atoms. The number of nitrogens with two attached hydrogens (primary N) is 1. The lowest BCUT2D eigenvalue weighted by molar-refractivity contribution is 0.287. The predicted octanol–water partition coefficient (Wildman–Crippen LogP) is -0.940. The van der Waals surface area contributed by atoms with Gasteiger partial charge < -0.3 is 10.3 Å². The second-order valence-corrected chi connectivity index (χ2v) is 1.91. The Kier molecular flexibility index (Phi) is 4.01. The lowest BCUT2D eigenvalue weighted by Crippen LogP contribution is -2.32. The first-order valence-electron chi connectivity index (χ1n) is 2.77. The summed E-state index contributed by atoms with van der Waals surface area (Å²) >= 11 is 0. The summed E-state index contributed by atoms with van der Waals surface area (Å²) in [4.78, 5) is 0. The average molecular weight is 113 g/mol. The Morgan fingerprint density at radius 2 is 2.12 bits per heavy atom. The van der Waals surface area contributed by atoms with E-state index < -0.39 is 0 Å². The quantitative estimate of drug-likeness (QED) is 0.411. The molecule has 1 fully saturated rings. The standard InChI is InChI=1S/C4H10BNO.BH3/c6-5-3-1-2-4-7-5;/h1-4,6H2;1H3. The zero-order valence-corrected chi connectivity index (χ0v) is 4.39. The molecule has 0 aromatic heterocycles. The highest BCUT2D eigenvalue weighted by molar-refractivity contribution is 6.48. The lowest BCUT2D eigenvalue weighted by Gasteiger charge is -2.13. The minimum atomic E-state index is 0. The van der Waals surface area contributed by atoms with Crippen LogP contribution in [-0.4, -0.2) is 22.1 Å². The summed E-state index contributed by atoms with van der Waals surface area (Å²) in [6, 6.07) is 0. The van der Waals surface area contributed by atoms with Gasteiger partial charge >= 0.3 is 7.05 Å². The van der Waals surface area contributed by atoms with Gasteiger partial charge in [0.2, 0.25) is 0 Å². The molecule has 0 bridgehead atoms. The maximum Gasteiger partial charge on any atom is 0.376 e. The molecule has 2 nitrogen and oxygen atoms in total. The van der Waals surface area contributed by atoms with Crippen molar-refractivity contribution in [1.29, 1.82) is 0 Å². The van der Waals surface area contributed by atoms with Gasteiger partial charge in [-0.05, 0) is 12.7 Å². The van der Waals surface area contributed by atoms with Crippen molar-refractivity contribution in [2.24, 2.45) is 5.64 Å². The Morgan fingerprint density at radius 1 is 1.38 bits per heavy atom. The van der Waals surface area contributed by atoms with Crippen molar-refractivity contribution in [3.05, 3.63) is 0 Å². The van der Waals surface area contributed by atoms with E-state index >= 15 is 0 Å². The highest BCUT2D eigenvalue weighted by Crippen LogP contribution is 2.05. The molecular weight excluding hydrogens is 99.7 g/mol. The highest BCUT2D eigenvalue weighted by atomic mass is 16.4. The van der Waals surface area contributed by atoms with Crippen molar-refractivity contribution < 1.29 is 4.65 Å². The molecule has 0 aromatic rings. The topological polar surface area (TPSA) is 35.2 Å². The molecule has 1 aliphatic heterocycles. The fourth-order valence-corrected chi connectivity index (χ4v) is 0.766. The normalized spacial score (nSPS) is 19.9. The zero-order valence-electron chi connectivity index (χ0n) is 4.39. The predicted molar refractivity (Wildman–Crippen MR) is 39.9 cm³/mol. The van der Waals surface area contributed by atoms with Gasteiger partial charge in [-0.3, -0.25) is 0 Å². The smallest absolute Gasteiger partial charge is 0.376 e. The summed E-state index contributed by atoms with van der Waals surface area (Å²) in [6.45, 7) is 0.862. The van der Waals surface area contributed by atoms with Crippen LogP contribution in [-0.2, 0) is 4.65 Å². The summed E-state index contributed by atoms with van der Waals surface area (Å²) in [5, 5.41) is 0. The first-order valence-corrected chi connectivity index (χ1v) is 2.77. The number of hydrogen-bond donors (Lipinski definition) is 1. The van der Waals surface area contributed by atoms with E-state index in [0.29, 0.717) is 0 Å². The second kappa shape index (κ2) is 3.98. The molecule has 0 amide bonds. The van der Waals surface area contributed by atoms with Gasteiger partial charge in [0, 0.05) is 6.61 Å². The van der Waals surface area contributed by atoms with Gasteiger partial charge in [0.1, 0.15) is 0 Å². The Labute approximate surface area is 52.5 Å². The average Bonchev–Trinajstić information content (AvgIpc) is 1.69. The second-order valence-electron chi connectivity index (χ2n) is 1.91. The molecule has 0 aromatic carbocycles. The van der Waals surface area contributed by atoms with E-state index in [-0.39, 0.29) is 15.5 Å². The fourth-order valence-electron chi connectivity index (χ4n) is 0.766. The molecule has 0 radical (unpaired) electrons. The maximum absolute atomic E-state index is 5.41. The largest absolute Gasteiger partial charge is 0.422 e. The molecule has 1 aliphatic rings. The summed E-state index contributed by atoms with van der Waals surface area (Å²) < 4.78 is 5.06. The van der Waals surface area contributed by atoms with Crippen LogP contribution in [0, 0.1) is 0 Å². The third-order valence-corrected chi connectivity index (χ3v) is 1.21. The molecule has 1 saturated heterocycles. The van der Waals surface area contributed by atoms with Crippen LogP contribution >= 0.6 is 0 Å². The van der Waals surface area contributed by atoms with Gasteiger partial charge in [-0.2, -0.15) is 0 Å². The van der Waals surface area contributed by atoms with Crippen molar-refractivity contribution in [3.63, 3.8) is 0 Å². The Bertz CT molecular complexity index is 56.0. The molecule has 0 aliphatic carbocycles. The van der Waals surface area contributed by atoms with Crippen LogP contribution in [0.2, 0.25) is 6.32 Å². The number of rotatable bonds is 0. The third-order valence-electron chi connectivity index (χ3n) is 1.21. The van der Waals surface area contributed by atoms with E-state index in [1.165, 1.54) is 12.8 Å². The van der Waals surface area contributed by atoms with Crippen LogP contribution in [0.15, 0.2) is 0 Å². The summed E-state index contributed by atoms with van der Waals surface area (Å²) in [7, 11) is 0.0359. The van der Waals surface area contributed by atoms with Crippen LogP contribution in [0.4, 0.5) is 0 Å². The van der Waals surface area contributed by atoms with Crippen molar-refractivity contribution >= 4 is 15.5 Å². The Hall–Kier alpha value is 0.0499. The first kappa shape index (κ1) is 8.05. The van der Waals surface area contributed by atoms with E-state index in [9.17, 15) is 0 Å². The van der Waals surface area contributed by atoms with Gasteiger partial charge in [-0.25, -0.2) is 0 Å². The van der Waals surface area contributed by atoms with Crippen molar-refractivity contribution in [2.75, 3.05) is 6.61 Å². The molecule has 46 valence electrons. The van der Waals surface area contributed by atoms with Gasteiger partial charge in [0.25, 0.3) is 0 Å². The molecular formula is C4H13B2NO. The first-order chi connectivity index (χ1) is 3.39. The molecule has 1 rings (SSSR count). The minimum Gasteiger partial charge on any atom is -0.422 e. The monoisotopic (exact) mass is 113 g/mol. The molecule has 2 N–H and O–H groups in total. The molecule has 4 heteroatoms. The summed E-state index contributed by atoms with van der Waals surface area (Å²) in [6.07, 6.45) is 3.47. The molecule has 1 heterocycles. The molecule has 0 unspecified atom stereocenters. The van der Waals surface area contributed by atoms with Crippen molar-refractivity contribution in [1.82, 2.24) is 0 Å². The van der Waals surface area contributed by atoms with Crippen LogP contribution in [0.3, 0.4) is 0 Å². The third kappa shape index (κ3) is 2.38. The van der Waals surface area contributed by atoms with E-state index in [1.54, 1.807) is 0 Å². The Balaban J connectivity index is 0.000000490. The van der Waals surface area contributed by atoms with E-state index in [0.717, 1.165) is 12.9 Å². The fraction of sp³-hybridized carbons (Fsp3) is 1.00. The van der Waals surface area contributed by atoms with Crippen LogP contribution < -0.4 is 5.64 Å². The SMILES string of the molecule is B.NB1CCCCO1. The van der Waals surface area contributed by atoms with Crippen LogP contribution in [0.5, 0.6) is 0 Å². The Morgan fingerprint density at radius 3 is 2.38 bits per heavy atom. The molecule has 8 heavy (non-hydrogen) atoms. The van der Waals surface area contributed by atoms with Gasteiger partial charge in [0.15, 0.2) is 0 Å². The van der Waals surface area contributed by atoms with Gasteiger partial charge in [0.05, 0.1) is 8.41 Å².